The van der Waals surface area contributed by atoms with Gasteiger partial charge in [-0.1, -0.05) is 13.8 Å². The molecule has 0 unspecified atom stereocenters. The van der Waals surface area contributed by atoms with Gasteiger partial charge in [0, 0.05) is 29.4 Å². The van der Waals surface area contributed by atoms with E-state index in [1.807, 2.05) is 13.8 Å². The van der Waals surface area contributed by atoms with Crippen molar-refractivity contribution < 1.29 is 0 Å². The van der Waals surface area contributed by atoms with Crippen molar-refractivity contribution in [1.29, 1.82) is 5.41 Å². The fraction of sp³-hybridized carbons (Fsp3) is 0.333. The summed E-state index contributed by atoms with van der Waals surface area (Å²) in [6.07, 6.45) is 3.21. The van der Waals surface area contributed by atoms with Crippen LogP contribution in [0.5, 0.6) is 0 Å². The van der Waals surface area contributed by atoms with Crippen molar-refractivity contribution in [3.05, 3.63) is 24.0 Å². The molecule has 3 heteroatoms. The van der Waals surface area contributed by atoms with Gasteiger partial charge in [0.1, 0.15) is 0 Å². The minimum absolute atomic E-state index is 0.450. The van der Waals surface area contributed by atoms with Gasteiger partial charge in [-0.3, -0.25) is 4.98 Å². The second kappa shape index (κ2) is 5.29. The fourth-order valence-corrected chi connectivity index (χ4v) is 0.719. The minimum Gasteiger partial charge on any atom is -0.398 e. The van der Waals surface area contributed by atoms with Crippen LogP contribution in [0.4, 0.5) is 5.69 Å². The molecule has 0 aliphatic carbocycles. The molecule has 0 spiro atoms. The van der Waals surface area contributed by atoms with Gasteiger partial charge < -0.3 is 11.1 Å². The zero-order chi connectivity index (χ0) is 9.56. The number of hydrogen-bond acceptors (Lipinski definition) is 3. The van der Waals surface area contributed by atoms with Crippen molar-refractivity contribution in [3.63, 3.8) is 0 Å². The van der Waals surface area contributed by atoms with E-state index >= 15 is 0 Å². The summed E-state index contributed by atoms with van der Waals surface area (Å²) >= 11 is 0. The molecule has 12 heavy (non-hydrogen) atoms. The molecule has 0 saturated carbocycles. The SMILES string of the molecule is CC.CC(=N)c1cnccc1N. The topological polar surface area (TPSA) is 62.8 Å². The zero-order valence-corrected chi connectivity index (χ0v) is 7.76. The standard InChI is InChI=1S/C7H9N3.C2H6/c1-5(8)6-4-10-3-2-7(6)9;1-2/h2-4,8H,1H3,(H2,9,10);1-2H3. The van der Waals surface area contributed by atoms with Gasteiger partial charge in [-0.05, 0) is 13.0 Å². The molecule has 0 fully saturated rings. The van der Waals surface area contributed by atoms with Crippen molar-refractivity contribution in [2.45, 2.75) is 20.8 Å². The van der Waals surface area contributed by atoms with Crippen LogP contribution in [-0.4, -0.2) is 10.7 Å². The van der Waals surface area contributed by atoms with Gasteiger partial charge >= 0.3 is 0 Å². The van der Waals surface area contributed by atoms with E-state index in [0.717, 1.165) is 0 Å². The monoisotopic (exact) mass is 165 g/mol. The Morgan fingerprint density at radius 3 is 2.42 bits per heavy atom. The molecule has 1 heterocycles. The molecule has 3 N–H and O–H groups in total. The van der Waals surface area contributed by atoms with Crippen LogP contribution in [0.2, 0.25) is 0 Å². The Kier molecular flexibility index (Phi) is 4.69. The first-order valence-corrected chi connectivity index (χ1v) is 3.97. The number of hydrogen-bond donors (Lipinski definition) is 2. The Morgan fingerprint density at radius 2 is 2.08 bits per heavy atom. The first-order chi connectivity index (χ1) is 5.72. The Labute approximate surface area is 73.1 Å². The lowest BCUT2D eigenvalue weighted by Crippen LogP contribution is -1.99. The van der Waals surface area contributed by atoms with E-state index in [0.29, 0.717) is 17.0 Å². The van der Waals surface area contributed by atoms with E-state index in [2.05, 4.69) is 4.98 Å². The van der Waals surface area contributed by atoms with Crippen LogP contribution in [-0.2, 0) is 0 Å². The van der Waals surface area contributed by atoms with E-state index in [-0.39, 0.29) is 0 Å². The van der Waals surface area contributed by atoms with Crippen LogP contribution in [0.15, 0.2) is 18.5 Å². The second-order valence-electron chi connectivity index (χ2n) is 2.09. The van der Waals surface area contributed by atoms with Crippen LogP contribution >= 0.6 is 0 Å². The molecule has 0 aliphatic rings. The maximum Gasteiger partial charge on any atom is 0.0436 e. The maximum atomic E-state index is 7.26. The number of aromatic nitrogens is 1. The van der Waals surface area contributed by atoms with Gasteiger partial charge in [-0.25, -0.2) is 0 Å². The molecule has 1 aromatic rings. The predicted octanol–water partition coefficient (Wildman–Crippen LogP) is 2.08. The molecule has 1 aromatic heterocycles. The van der Waals surface area contributed by atoms with Crippen LogP contribution in [0.3, 0.4) is 0 Å². The summed E-state index contributed by atoms with van der Waals surface area (Å²) in [5.41, 5.74) is 7.31. The largest absolute Gasteiger partial charge is 0.398 e. The number of nitrogens with one attached hydrogen (secondary N) is 1. The number of nitrogens with zero attached hydrogens (tertiary/aromatic N) is 1. The minimum atomic E-state index is 0.450. The smallest absolute Gasteiger partial charge is 0.0436 e. The zero-order valence-electron chi connectivity index (χ0n) is 7.76. The third kappa shape index (κ3) is 2.70. The molecule has 0 amide bonds. The summed E-state index contributed by atoms with van der Waals surface area (Å²) < 4.78 is 0. The van der Waals surface area contributed by atoms with Crippen LogP contribution < -0.4 is 5.73 Å². The maximum absolute atomic E-state index is 7.26. The summed E-state index contributed by atoms with van der Waals surface area (Å²) in [6.45, 7) is 5.69. The summed E-state index contributed by atoms with van der Waals surface area (Å²) in [4.78, 5) is 3.85. The molecule has 0 saturated heterocycles. The van der Waals surface area contributed by atoms with E-state index in [4.69, 9.17) is 11.1 Å². The normalized spacial score (nSPS) is 8.25. The third-order valence-corrected chi connectivity index (χ3v) is 1.26. The number of nitrogen functional groups attached to an aromatic ring is 1. The summed E-state index contributed by atoms with van der Waals surface area (Å²) in [5.74, 6) is 0. The van der Waals surface area contributed by atoms with Gasteiger partial charge in [-0.15, -0.1) is 0 Å². The predicted molar refractivity (Wildman–Crippen MR) is 52.5 cm³/mol. The quantitative estimate of drug-likeness (QED) is 0.626. The van der Waals surface area contributed by atoms with Crippen molar-refractivity contribution in [3.8, 4) is 0 Å². The average molecular weight is 165 g/mol. The highest BCUT2D eigenvalue weighted by Gasteiger charge is 1.97. The van der Waals surface area contributed by atoms with Gasteiger partial charge in [0.2, 0.25) is 0 Å². The number of anilines is 1. The highest BCUT2D eigenvalue weighted by molar-refractivity contribution is 6.00. The number of nitrogens with two attached hydrogens (primary N) is 1. The number of pyridine rings is 1. The van der Waals surface area contributed by atoms with Crippen molar-refractivity contribution in [2.24, 2.45) is 0 Å². The number of rotatable bonds is 1. The first kappa shape index (κ1) is 10.6. The van der Waals surface area contributed by atoms with E-state index in [9.17, 15) is 0 Å². The average Bonchev–Trinajstić information content (AvgIpc) is 2.08. The van der Waals surface area contributed by atoms with E-state index < -0.39 is 0 Å². The van der Waals surface area contributed by atoms with Crippen LogP contribution in [0.1, 0.15) is 26.3 Å². The lowest BCUT2D eigenvalue weighted by Gasteiger charge is -1.99. The summed E-state index contributed by atoms with van der Waals surface area (Å²) in [5, 5.41) is 7.26. The van der Waals surface area contributed by atoms with Crippen molar-refractivity contribution in [1.82, 2.24) is 4.98 Å². The molecule has 66 valence electrons. The fourth-order valence-electron chi connectivity index (χ4n) is 0.719. The molecule has 0 atom stereocenters. The van der Waals surface area contributed by atoms with Crippen molar-refractivity contribution >= 4 is 11.4 Å². The van der Waals surface area contributed by atoms with Gasteiger partial charge in [0.15, 0.2) is 0 Å². The Morgan fingerprint density at radius 1 is 1.50 bits per heavy atom. The molecular formula is C9H15N3. The lowest BCUT2D eigenvalue weighted by molar-refractivity contribution is 1.30. The van der Waals surface area contributed by atoms with Crippen molar-refractivity contribution in [2.75, 3.05) is 5.73 Å². The summed E-state index contributed by atoms with van der Waals surface area (Å²) in [6, 6.07) is 1.69. The first-order valence-electron chi connectivity index (χ1n) is 3.97. The molecule has 3 nitrogen and oxygen atoms in total. The van der Waals surface area contributed by atoms with Gasteiger partial charge in [0.25, 0.3) is 0 Å². The molecule has 0 radical (unpaired) electrons. The Bertz CT molecular complexity index is 256. The van der Waals surface area contributed by atoms with E-state index in [1.54, 1.807) is 25.4 Å². The third-order valence-electron chi connectivity index (χ3n) is 1.26. The summed E-state index contributed by atoms with van der Waals surface area (Å²) in [7, 11) is 0. The highest BCUT2D eigenvalue weighted by atomic mass is 14.7. The second-order valence-corrected chi connectivity index (χ2v) is 2.09. The molecule has 0 aliphatic heterocycles. The molecule has 0 aromatic carbocycles. The lowest BCUT2D eigenvalue weighted by atomic mass is 10.2. The Hall–Kier alpha value is -1.38. The van der Waals surface area contributed by atoms with Gasteiger partial charge in [-0.2, -0.15) is 0 Å². The van der Waals surface area contributed by atoms with Crippen LogP contribution in [0.25, 0.3) is 0 Å². The van der Waals surface area contributed by atoms with Gasteiger partial charge in [0.05, 0.1) is 0 Å². The molecule has 1 rings (SSSR count). The molecular weight excluding hydrogens is 150 g/mol. The molecule has 0 bridgehead atoms. The Balaban J connectivity index is 0.000000561. The highest BCUT2D eigenvalue weighted by Crippen LogP contribution is 2.07. The van der Waals surface area contributed by atoms with Crippen LogP contribution in [0, 0.1) is 5.41 Å². The van der Waals surface area contributed by atoms with E-state index in [1.165, 1.54) is 0 Å².